The number of carbonyl (C=O) groups is 1. The molecule has 0 aliphatic carbocycles. The second-order valence-electron chi connectivity index (χ2n) is 6.67. The van der Waals surface area contributed by atoms with Gasteiger partial charge in [0.1, 0.15) is 23.2 Å². The van der Waals surface area contributed by atoms with Gasteiger partial charge < -0.3 is 23.2 Å². The van der Waals surface area contributed by atoms with Gasteiger partial charge in [-0.15, -0.1) is 0 Å². The molecule has 0 amide bonds. The molecule has 4 rings (SSSR count). The Balaban J connectivity index is 1.73. The molecule has 0 saturated carbocycles. The molecule has 0 fully saturated rings. The Bertz CT molecular complexity index is 1350. The predicted octanol–water partition coefficient (Wildman–Crippen LogP) is 2.59. The standard InChI is InChI=1S/C21H20N4O7/c1-5-30-21(27)16-15-19(32-24-16)22-10-25(20(15)26)9-13-11(2)31-18(23-13)12-7-6-8-14(28-3)17(12)29-4/h6-8,10H,5,9H2,1-4H3. The predicted molar refractivity (Wildman–Crippen MR) is 111 cm³/mol. The van der Waals surface area contributed by atoms with Crippen LogP contribution in [0, 0.1) is 6.92 Å². The number of aromatic nitrogens is 4. The van der Waals surface area contributed by atoms with E-state index in [1.807, 2.05) is 0 Å². The lowest BCUT2D eigenvalue weighted by atomic mass is 10.2. The van der Waals surface area contributed by atoms with Crippen molar-refractivity contribution in [3.63, 3.8) is 0 Å². The van der Waals surface area contributed by atoms with E-state index in [2.05, 4.69) is 15.1 Å². The molecule has 4 aromatic rings. The Morgan fingerprint density at radius 2 is 2.03 bits per heavy atom. The van der Waals surface area contributed by atoms with Crippen LogP contribution in [0.4, 0.5) is 0 Å². The van der Waals surface area contributed by atoms with Crippen LogP contribution in [0.2, 0.25) is 0 Å². The van der Waals surface area contributed by atoms with Crippen LogP contribution in [0.5, 0.6) is 11.5 Å². The van der Waals surface area contributed by atoms with E-state index in [0.29, 0.717) is 34.4 Å². The summed E-state index contributed by atoms with van der Waals surface area (Å²) in [6, 6.07) is 5.35. The molecule has 0 saturated heterocycles. The van der Waals surface area contributed by atoms with E-state index in [-0.39, 0.29) is 29.9 Å². The fourth-order valence-electron chi connectivity index (χ4n) is 3.24. The van der Waals surface area contributed by atoms with Crippen LogP contribution in [-0.4, -0.2) is 46.5 Å². The van der Waals surface area contributed by atoms with E-state index in [9.17, 15) is 9.59 Å². The third-order valence-electron chi connectivity index (χ3n) is 4.78. The van der Waals surface area contributed by atoms with Crippen LogP contribution in [0.3, 0.4) is 0 Å². The molecule has 11 nitrogen and oxygen atoms in total. The number of methoxy groups -OCH3 is 2. The smallest absolute Gasteiger partial charge is 0.361 e. The fourth-order valence-corrected chi connectivity index (χ4v) is 3.24. The summed E-state index contributed by atoms with van der Waals surface area (Å²) in [5.74, 6) is 1.08. The molecule has 0 bridgehead atoms. The number of oxazole rings is 1. The Hall–Kier alpha value is -4.15. The number of hydrogen-bond acceptors (Lipinski definition) is 10. The van der Waals surface area contributed by atoms with Crippen molar-refractivity contribution in [1.29, 1.82) is 0 Å². The zero-order valence-corrected chi connectivity index (χ0v) is 17.9. The summed E-state index contributed by atoms with van der Waals surface area (Å²) in [5, 5.41) is 3.58. The van der Waals surface area contributed by atoms with Crippen LogP contribution in [0.25, 0.3) is 22.6 Å². The van der Waals surface area contributed by atoms with Crippen LogP contribution in [-0.2, 0) is 11.3 Å². The number of benzene rings is 1. The van der Waals surface area contributed by atoms with E-state index >= 15 is 0 Å². The maximum absolute atomic E-state index is 13.0. The van der Waals surface area contributed by atoms with Crippen molar-refractivity contribution in [2.45, 2.75) is 20.4 Å². The second-order valence-corrected chi connectivity index (χ2v) is 6.67. The van der Waals surface area contributed by atoms with E-state index in [1.54, 1.807) is 39.2 Å². The Morgan fingerprint density at radius 1 is 1.22 bits per heavy atom. The molecular weight excluding hydrogens is 420 g/mol. The minimum atomic E-state index is -0.757. The van der Waals surface area contributed by atoms with Gasteiger partial charge in [0.2, 0.25) is 11.6 Å². The number of esters is 1. The van der Waals surface area contributed by atoms with E-state index < -0.39 is 11.5 Å². The summed E-state index contributed by atoms with van der Waals surface area (Å²) in [6.07, 6.45) is 1.30. The molecular formula is C21H20N4O7. The van der Waals surface area contributed by atoms with Gasteiger partial charge in [-0.25, -0.2) is 14.8 Å². The lowest BCUT2D eigenvalue weighted by Gasteiger charge is -2.10. The van der Waals surface area contributed by atoms with Gasteiger partial charge in [-0.05, 0) is 26.0 Å². The van der Waals surface area contributed by atoms with Crippen LogP contribution in [0.1, 0.15) is 28.9 Å². The van der Waals surface area contributed by atoms with Crippen molar-refractivity contribution in [2.24, 2.45) is 0 Å². The topological polar surface area (TPSA) is 132 Å². The monoisotopic (exact) mass is 440 g/mol. The number of fused-ring (bicyclic) bond motifs is 1. The molecule has 0 atom stereocenters. The molecule has 3 heterocycles. The average Bonchev–Trinajstić information content (AvgIpc) is 3.39. The third-order valence-corrected chi connectivity index (χ3v) is 4.78. The van der Waals surface area contributed by atoms with Crippen molar-refractivity contribution in [3.8, 4) is 23.0 Å². The molecule has 0 N–H and O–H groups in total. The second kappa shape index (κ2) is 8.53. The molecule has 0 spiro atoms. The molecule has 0 unspecified atom stereocenters. The minimum Gasteiger partial charge on any atom is -0.493 e. The molecule has 1 aromatic carbocycles. The van der Waals surface area contributed by atoms with Gasteiger partial charge in [0, 0.05) is 0 Å². The first-order valence-corrected chi connectivity index (χ1v) is 9.68. The van der Waals surface area contributed by atoms with Crippen LogP contribution < -0.4 is 15.0 Å². The molecule has 0 aliphatic heterocycles. The maximum atomic E-state index is 13.0. The number of nitrogens with zero attached hydrogens (tertiary/aromatic N) is 4. The number of carbonyl (C=O) groups excluding carboxylic acids is 1. The SMILES string of the molecule is CCOC(=O)c1noc2ncn(Cc3nc(-c4cccc(OC)c4OC)oc3C)c(=O)c12. The molecule has 0 radical (unpaired) electrons. The van der Waals surface area contributed by atoms with E-state index in [0.717, 1.165) is 0 Å². The van der Waals surface area contributed by atoms with Crippen molar-refractivity contribution in [1.82, 2.24) is 19.7 Å². The van der Waals surface area contributed by atoms with Gasteiger partial charge in [-0.2, -0.15) is 0 Å². The summed E-state index contributed by atoms with van der Waals surface area (Å²) in [6.45, 7) is 3.57. The number of ether oxygens (including phenoxy) is 3. The van der Waals surface area contributed by atoms with Gasteiger partial charge in [0.25, 0.3) is 11.3 Å². The first-order chi connectivity index (χ1) is 15.5. The maximum Gasteiger partial charge on any atom is 0.361 e. The zero-order valence-electron chi connectivity index (χ0n) is 17.9. The van der Waals surface area contributed by atoms with Crippen molar-refractivity contribution in [2.75, 3.05) is 20.8 Å². The largest absolute Gasteiger partial charge is 0.493 e. The molecule has 11 heteroatoms. The molecule has 0 aliphatic rings. The highest BCUT2D eigenvalue weighted by Crippen LogP contribution is 2.37. The fraction of sp³-hybridized carbons (Fsp3) is 0.286. The average molecular weight is 440 g/mol. The normalized spacial score (nSPS) is 11.0. The first kappa shape index (κ1) is 21.1. The highest BCUT2D eigenvalue weighted by Gasteiger charge is 2.23. The number of hydrogen-bond donors (Lipinski definition) is 0. The Labute approximate surface area is 181 Å². The summed E-state index contributed by atoms with van der Waals surface area (Å²) in [4.78, 5) is 33.7. The molecule has 166 valence electrons. The zero-order chi connectivity index (χ0) is 22.8. The number of rotatable bonds is 7. The first-order valence-electron chi connectivity index (χ1n) is 9.68. The quantitative estimate of drug-likeness (QED) is 0.395. The van der Waals surface area contributed by atoms with Gasteiger partial charge >= 0.3 is 5.97 Å². The summed E-state index contributed by atoms with van der Waals surface area (Å²) in [7, 11) is 3.07. The van der Waals surface area contributed by atoms with E-state index in [4.69, 9.17) is 23.2 Å². The highest BCUT2D eigenvalue weighted by atomic mass is 16.5. The number of aryl methyl sites for hydroxylation is 1. The van der Waals surface area contributed by atoms with Crippen molar-refractivity contribution in [3.05, 3.63) is 52.0 Å². The summed E-state index contributed by atoms with van der Waals surface area (Å²) in [5.41, 5.74) is 0.329. The van der Waals surface area contributed by atoms with Crippen LogP contribution in [0.15, 0.2) is 38.3 Å². The Kier molecular flexibility index (Phi) is 5.63. The summed E-state index contributed by atoms with van der Waals surface area (Å²) >= 11 is 0. The van der Waals surface area contributed by atoms with Gasteiger partial charge in [-0.1, -0.05) is 11.2 Å². The summed E-state index contributed by atoms with van der Waals surface area (Å²) < 4.78 is 27.8. The van der Waals surface area contributed by atoms with Gasteiger partial charge in [-0.3, -0.25) is 9.36 Å². The van der Waals surface area contributed by atoms with E-state index in [1.165, 1.54) is 18.0 Å². The lowest BCUT2D eigenvalue weighted by Crippen LogP contribution is -2.23. The van der Waals surface area contributed by atoms with Gasteiger partial charge in [0.05, 0.1) is 32.9 Å². The van der Waals surface area contributed by atoms with Crippen LogP contribution >= 0.6 is 0 Å². The van der Waals surface area contributed by atoms with Crippen molar-refractivity contribution >= 4 is 17.1 Å². The van der Waals surface area contributed by atoms with Crippen molar-refractivity contribution < 1.29 is 27.9 Å². The molecule has 3 aromatic heterocycles. The Morgan fingerprint density at radius 3 is 2.75 bits per heavy atom. The third kappa shape index (κ3) is 3.57. The highest BCUT2D eigenvalue weighted by molar-refractivity contribution is 5.99. The van der Waals surface area contributed by atoms with Gasteiger partial charge in [0.15, 0.2) is 11.5 Å². The molecule has 32 heavy (non-hydrogen) atoms. The lowest BCUT2D eigenvalue weighted by molar-refractivity contribution is 0.0516. The number of para-hydroxylation sites is 1. The minimum absolute atomic E-state index is 0.0482.